The van der Waals surface area contributed by atoms with E-state index in [4.69, 9.17) is 0 Å². The molecule has 1 atom stereocenters. The summed E-state index contributed by atoms with van der Waals surface area (Å²) in [4.78, 5) is 0. The highest BCUT2D eigenvalue weighted by molar-refractivity contribution is 5.25. The van der Waals surface area contributed by atoms with Crippen molar-refractivity contribution in [2.45, 2.75) is 25.2 Å². The molecule has 0 nitrogen and oxygen atoms in total. The summed E-state index contributed by atoms with van der Waals surface area (Å²) in [6.45, 7) is 0. The van der Waals surface area contributed by atoms with Crippen molar-refractivity contribution in [2.75, 3.05) is 0 Å². The van der Waals surface area contributed by atoms with Crippen molar-refractivity contribution in [3.8, 4) is 0 Å². The van der Waals surface area contributed by atoms with E-state index in [9.17, 15) is 4.39 Å². The lowest BCUT2D eigenvalue weighted by molar-refractivity contribution is 0.608. The molecule has 3 aromatic rings. The Hall–Kier alpha value is -2.41. The van der Waals surface area contributed by atoms with Gasteiger partial charge in [0, 0.05) is 0 Å². The summed E-state index contributed by atoms with van der Waals surface area (Å²) in [5, 5.41) is 0. The third kappa shape index (κ3) is 4.53. The molecule has 3 aromatic carbocycles. The molecule has 0 saturated heterocycles. The van der Waals surface area contributed by atoms with Crippen LogP contribution in [0.25, 0.3) is 0 Å². The molecular formula is C22H21F. The first-order valence-corrected chi connectivity index (χ1v) is 8.14. The van der Waals surface area contributed by atoms with Crippen molar-refractivity contribution in [1.29, 1.82) is 0 Å². The second-order valence-corrected chi connectivity index (χ2v) is 5.96. The molecule has 0 aliphatic rings. The molecule has 0 N–H and O–H groups in total. The smallest absolute Gasteiger partial charge is 0.123 e. The zero-order chi connectivity index (χ0) is 15.9. The van der Waals surface area contributed by atoms with Crippen LogP contribution < -0.4 is 0 Å². The van der Waals surface area contributed by atoms with Crippen LogP contribution in [0.4, 0.5) is 4.39 Å². The number of benzene rings is 3. The van der Waals surface area contributed by atoms with E-state index in [0.29, 0.717) is 5.92 Å². The summed E-state index contributed by atoms with van der Waals surface area (Å²) in [5.74, 6) is 0.230. The summed E-state index contributed by atoms with van der Waals surface area (Å²) in [6.07, 6.45) is 3.08. The van der Waals surface area contributed by atoms with E-state index in [1.807, 2.05) is 24.3 Å². The van der Waals surface area contributed by atoms with Gasteiger partial charge in [0.25, 0.3) is 0 Å². The topological polar surface area (TPSA) is 0 Å². The van der Waals surface area contributed by atoms with Gasteiger partial charge in [0.05, 0.1) is 0 Å². The quantitative estimate of drug-likeness (QED) is 0.541. The molecular weight excluding hydrogens is 283 g/mol. The lowest BCUT2D eigenvalue weighted by Crippen LogP contribution is -2.05. The summed E-state index contributed by atoms with van der Waals surface area (Å²) < 4.78 is 13.2. The van der Waals surface area contributed by atoms with Gasteiger partial charge < -0.3 is 0 Å². The van der Waals surface area contributed by atoms with E-state index in [0.717, 1.165) is 19.3 Å². The van der Waals surface area contributed by atoms with E-state index < -0.39 is 0 Å². The number of rotatable bonds is 6. The monoisotopic (exact) mass is 304 g/mol. The lowest BCUT2D eigenvalue weighted by Gasteiger charge is -2.18. The maximum Gasteiger partial charge on any atom is 0.123 e. The molecule has 1 heteroatoms. The highest BCUT2D eigenvalue weighted by atomic mass is 19.1. The zero-order valence-electron chi connectivity index (χ0n) is 13.2. The average Bonchev–Trinajstić information content (AvgIpc) is 2.61. The van der Waals surface area contributed by atoms with Gasteiger partial charge in [-0.2, -0.15) is 0 Å². The summed E-state index contributed by atoms with van der Waals surface area (Å²) in [6, 6.07) is 28.1. The van der Waals surface area contributed by atoms with Crippen LogP contribution in [0.2, 0.25) is 0 Å². The third-order valence-electron chi connectivity index (χ3n) is 4.29. The van der Waals surface area contributed by atoms with Crippen LogP contribution in [0.15, 0.2) is 84.9 Å². The Morgan fingerprint density at radius 1 is 0.652 bits per heavy atom. The summed E-state index contributed by atoms with van der Waals surface area (Å²) in [7, 11) is 0. The summed E-state index contributed by atoms with van der Waals surface area (Å²) in [5.41, 5.74) is 3.90. The van der Waals surface area contributed by atoms with Gasteiger partial charge >= 0.3 is 0 Å². The number of hydrogen-bond donors (Lipinski definition) is 0. The minimum atomic E-state index is -0.171. The van der Waals surface area contributed by atoms with Crippen LogP contribution >= 0.6 is 0 Å². The fraction of sp³-hybridized carbons (Fsp3) is 0.182. The number of halogens is 1. The minimum absolute atomic E-state index is 0.171. The van der Waals surface area contributed by atoms with Crippen molar-refractivity contribution in [3.63, 3.8) is 0 Å². The largest absolute Gasteiger partial charge is 0.207 e. The summed E-state index contributed by atoms with van der Waals surface area (Å²) >= 11 is 0. The van der Waals surface area contributed by atoms with Crippen molar-refractivity contribution in [1.82, 2.24) is 0 Å². The minimum Gasteiger partial charge on any atom is -0.207 e. The Balaban J connectivity index is 1.76. The molecule has 0 aromatic heterocycles. The van der Waals surface area contributed by atoms with Gasteiger partial charge in [0.15, 0.2) is 0 Å². The van der Waals surface area contributed by atoms with Gasteiger partial charge in [-0.3, -0.25) is 0 Å². The number of hydrogen-bond acceptors (Lipinski definition) is 0. The maximum absolute atomic E-state index is 13.2. The Kier molecular flexibility index (Phi) is 5.21. The van der Waals surface area contributed by atoms with Gasteiger partial charge in [-0.1, -0.05) is 72.8 Å². The van der Waals surface area contributed by atoms with Crippen LogP contribution in [0, 0.1) is 5.82 Å². The molecule has 3 rings (SSSR count). The molecule has 0 bridgehead atoms. The first-order valence-electron chi connectivity index (χ1n) is 8.14. The van der Waals surface area contributed by atoms with Crippen LogP contribution in [0.1, 0.15) is 29.0 Å². The molecule has 0 radical (unpaired) electrons. The molecule has 0 saturated carbocycles. The van der Waals surface area contributed by atoms with Crippen molar-refractivity contribution in [2.24, 2.45) is 0 Å². The van der Waals surface area contributed by atoms with Crippen LogP contribution in [0.5, 0.6) is 0 Å². The molecule has 0 aliphatic carbocycles. The fourth-order valence-corrected chi connectivity index (χ4v) is 3.01. The third-order valence-corrected chi connectivity index (χ3v) is 4.29. The standard InChI is InChI=1S/C22H21F/c23-22-15-13-20(14-16-22)21(17-19-9-5-2-6-10-19)12-11-18-7-3-1-4-8-18/h1-10,13-16,21H,11-12,17H2. The van der Waals surface area contributed by atoms with Crippen molar-refractivity contribution in [3.05, 3.63) is 107 Å². The molecule has 0 spiro atoms. The number of aryl methyl sites for hydroxylation is 1. The maximum atomic E-state index is 13.2. The zero-order valence-corrected chi connectivity index (χ0v) is 13.2. The Morgan fingerprint density at radius 3 is 1.83 bits per heavy atom. The van der Waals surface area contributed by atoms with Gasteiger partial charge in [0.2, 0.25) is 0 Å². The van der Waals surface area contributed by atoms with Crippen LogP contribution in [-0.2, 0) is 12.8 Å². The van der Waals surface area contributed by atoms with Crippen molar-refractivity contribution >= 4 is 0 Å². The van der Waals surface area contributed by atoms with Gasteiger partial charge in [-0.15, -0.1) is 0 Å². The Bertz CT molecular complexity index is 702. The van der Waals surface area contributed by atoms with Crippen LogP contribution in [0.3, 0.4) is 0 Å². The Labute approximate surface area is 137 Å². The molecule has 116 valence electrons. The predicted octanol–water partition coefficient (Wildman–Crippen LogP) is 5.78. The fourth-order valence-electron chi connectivity index (χ4n) is 3.01. The normalized spacial score (nSPS) is 12.0. The molecule has 0 aliphatic heterocycles. The average molecular weight is 304 g/mol. The van der Waals surface area contributed by atoms with Crippen molar-refractivity contribution < 1.29 is 4.39 Å². The second kappa shape index (κ2) is 7.73. The first kappa shape index (κ1) is 15.5. The highest BCUT2D eigenvalue weighted by Crippen LogP contribution is 2.26. The van der Waals surface area contributed by atoms with Crippen LogP contribution in [-0.4, -0.2) is 0 Å². The first-order chi connectivity index (χ1) is 11.3. The Morgan fingerprint density at radius 2 is 1.22 bits per heavy atom. The van der Waals surface area contributed by atoms with E-state index in [-0.39, 0.29) is 5.82 Å². The van der Waals surface area contributed by atoms with E-state index >= 15 is 0 Å². The molecule has 0 heterocycles. The van der Waals surface area contributed by atoms with E-state index in [2.05, 4.69) is 48.5 Å². The molecule has 23 heavy (non-hydrogen) atoms. The van der Waals surface area contributed by atoms with Gasteiger partial charge in [-0.25, -0.2) is 4.39 Å². The predicted molar refractivity (Wildman–Crippen MR) is 94.1 cm³/mol. The highest BCUT2D eigenvalue weighted by Gasteiger charge is 2.13. The molecule has 1 unspecified atom stereocenters. The SMILES string of the molecule is Fc1ccc(C(CCc2ccccc2)Cc2ccccc2)cc1. The lowest BCUT2D eigenvalue weighted by atomic mass is 9.87. The second-order valence-electron chi connectivity index (χ2n) is 5.96. The van der Waals surface area contributed by atoms with Gasteiger partial charge in [0.1, 0.15) is 5.82 Å². The van der Waals surface area contributed by atoms with Gasteiger partial charge in [-0.05, 0) is 54.0 Å². The molecule has 0 fully saturated rings. The molecule has 0 amide bonds. The van der Waals surface area contributed by atoms with E-state index in [1.54, 1.807) is 12.1 Å². The van der Waals surface area contributed by atoms with E-state index in [1.165, 1.54) is 16.7 Å².